The third-order valence-corrected chi connectivity index (χ3v) is 6.48. The van der Waals surface area contributed by atoms with Gasteiger partial charge in [0.1, 0.15) is 6.23 Å². The number of nitrogens with zero attached hydrogens (tertiary/aromatic N) is 1. The molecule has 0 fully saturated rings. The number of esters is 1. The van der Waals surface area contributed by atoms with Gasteiger partial charge in [-0.15, -0.1) is 0 Å². The fourth-order valence-electron chi connectivity index (χ4n) is 4.33. The summed E-state index contributed by atoms with van der Waals surface area (Å²) in [5.74, 6) is 0.602. The predicted molar refractivity (Wildman–Crippen MR) is 136 cm³/mol. The first-order chi connectivity index (χ1) is 16.0. The molecule has 5 nitrogen and oxygen atoms in total. The summed E-state index contributed by atoms with van der Waals surface area (Å²) < 4.78 is 5.32. The summed E-state index contributed by atoms with van der Waals surface area (Å²) in [5.41, 5.74) is 0. The van der Waals surface area contributed by atoms with Crippen molar-refractivity contribution in [1.29, 1.82) is 0 Å². The summed E-state index contributed by atoms with van der Waals surface area (Å²) in [6.45, 7) is 5.69. The van der Waals surface area contributed by atoms with Crippen LogP contribution in [0.4, 0.5) is 0 Å². The third-order valence-electron chi connectivity index (χ3n) is 6.48. The quantitative estimate of drug-likeness (QED) is 0.139. The number of ether oxygens (including phenoxy) is 1. The van der Waals surface area contributed by atoms with E-state index in [1.165, 1.54) is 94.1 Å². The van der Waals surface area contributed by atoms with Crippen LogP contribution in [-0.2, 0) is 14.3 Å². The third kappa shape index (κ3) is 16.8. The molecule has 192 valence electrons. The number of amides is 1. The minimum absolute atomic E-state index is 0.117. The summed E-state index contributed by atoms with van der Waals surface area (Å²) in [4.78, 5) is 24.7. The Morgan fingerprint density at radius 2 is 1.36 bits per heavy atom. The number of aliphatic hydroxyl groups is 1. The van der Waals surface area contributed by atoms with Crippen LogP contribution < -0.4 is 0 Å². The number of hydrogen-bond acceptors (Lipinski definition) is 4. The van der Waals surface area contributed by atoms with E-state index >= 15 is 0 Å². The number of unbranched alkanes of at least 4 members (excludes halogenated alkanes) is 14. The summed E-state index contributed by atoms with van der Waals surface area (Å²) >= 11 is 0. The Morgan fingerprint density at radius 3 is 1.88 bits per heavy atom. The van der Waals surface area contributed by atoms with Crippen LogP contribution in [0.25, 0.3) is 0 Å². The molecule has 33 heavy (non-hydrogen) atoms. The van der Waals surface area contributed by atoms with Gasteiger partial charge in [0.05, 0.1) is 6.61 Å². The van der Waals surface area contributed by atoms with E-state index in [9.17, 15) is 14.7 Å². The van der Waals surface area contributed by atoms with Crippen molar-refractivity contribution in [1.82, 2.24) is 4.90 Å². The molecule has 0 aliphatic carbocycles. The second-order valence-corrected chi connectivity index (χ2v) is 10.1. The minimum atomic E-state index is -0.790. The average molecular weight is 466 g/mol. The van der Waals surface area contributed by atoms with Crippen molar-refractivity contribution in [3.63, 3.8) is 0 Å². The maximum atomic E-state index is 11.8. The Morgan fingerprint density at radius 1 is 0.848 bits per heavy atom. The normalized spacial score (nSPS) is 15.7. The predicted octanol–water partition coefficient (Wildman–Crippen LogP) is 6.92. The molecule has 1 unspecified atom stereocenters. The summed E-state index contributed by atoms with van der Waals surface area (Å²) in [6, 6.07) is 0. The van der Waals surface area contributed by atoms with E-state index in [4.69, 9.17) is 4.74 Å². The molecule has 0 aromatic rings. The molecule has 1 aliphatic heterocycles. The zero-order valence-electron chi connectivity index (χ0n) is 21.6. The first-order valence-corrected chi connectivity index (χ1v) is 13.8. The van der Waals surface area contributed by atoms with Crippen molar-refractivity contribution in [2.24, 2.45) is 5.92 Å². The number of rotatable bonds is 22. The monoisotopic (exact) mass is 465 g/mol. The van der Waals surface area contributed by atoms with Gasteiger partial charge < -0.3 is 14.7 Å². The average Bonchev–Trinajstić information content (AvgIpc) is 3.10. The van der Waals surface area contributed by atoms with E-state index in [1.54, 1.807) is 0 Å². The first kappa shape index (κ1) is 29.7. The highest BCUT2D eigenvalue weighted by Crippen LogP contribution is 2.15. The van der Waals surface area contributed by atoms with Gasteiger partial charge in [0.25, 0.3) is 0 Å². The molecule has 1 heterocycles. The van der Waals surface area contributed by atoms with Crippen LogP contribution >= 0.6 is 0 Å². The van der Waals surface area contributed by atoms with Crippen molar-refractivity contribution in [3.05, 3.63) is 12.2 Å². The molecule has 0 saturated heterocycles. The van der Waals surface area contributed by atoms with Crippen molar-refractivity contribution in [2.45, 2.75) is 136 Å². The Kier molecular flexibility index (Phi) is 18.0. The largest absolute Gasteiger partial charge is 0.466 e. The van der Waals surface area contributed by atoms with E-state index in [0.29, 0.717) is 19.6 Å². The van der Waals surface area contributed by atoms with Gasteiger partial charge in [-0.1, -0.05) is 104 Å². The van der Waals surface area contributed by atoms with Crippen molar-refractivity contribution in [3.8, 4) is 0 Å². The molecule has 1 rings (SSSR count). The molecular weight excluding hydrogens is 414 g/mol. The highest BCUT2D eigenvalue weighted by atomic mass is 16.5. The number of carbonyl (C=O) groups excluding carboxylic acids is 2. The number of carbonyl (C=O) groups is 2. The molecule has 5 heteroatoms. The summed E-state index contributed by atoms with van der Waals surface area (Å²) in [6.07, 6.45) is 23.5. The Balaban J connectivity index is 1.75. The minimum Gasteiger partial charge on any atom is -0.466 e. The molecule has 0 spiro atoms. The lowest BCUT2D eigenvalue weighted by Crippen LogP contribution is -2.34. The maximum Gasteiger partial charge on any atom is 0.305 e. The Labute approximate surface area is 203 Å². The molecular formula is C28H51NO4. The standard InChI is InChI=1S/C28H51NO4/c1-25(2)19-15-12-10-8-6-4-3-5-7-9-11-13-18-24-33-28(32)20-16-14-17-23-29-26(30)21-22-27(29)31/h21-22,25-26,30H,3-20,23-24H2,1-2H3. The fourth-order valence-corrected chi connectivity index (χ4v) is 4.33. The molecule has 0 radical (unpaired) electrons. The van der Waals surface area contributed by atoms with E-state index in [0.717, 1.165) is 38.0 Å². The van der Waals surface area contributed by atoms with Gasteiger partial charge in [-0.3, -0.25) is 9.59 Å². The first-order valence-electron chi connectivity index (χ1n) is 13.8. The second-order valence-electron chi connectivity index (χ2n) is 10.1. The SMILES string of the molecule is CC(C)CCCCCCCCCCCCCCCOC(=O)CCCCCN1C(=O)C=CC1O. The Bertz CT molecular complexity index is 532. The van der Waals surface area contributed by atoms with Gasteiger partial charge in [0, 0.05) is 19.0 Å². The molecule has 0 aromatic heterocycles. The van der Waals surface area contributed by atoms with Crippen molar-refractivity contribution < 1.29 is 19.4 Å². The van der Waals surface area contributed by atoms with Gasteiger partial charge in [-0.05, 0) is 31.3 Å². The van der Waals surface area contributed by atoms with Crippen LogP contribution in [0.15, 0.2) is 12.2 Å². The van der Waals surface area contributed by atoms with Gasteiger partial charge in [-0.2, -0.15) is 0 Å². The molecule has 1 N–H and O–H groups in total. The van der Waals surface area contributed by atoms with E-state index in [1.807, 2.05) is 0 Å². The Hall–Kier alpha value is -1.36. The lowest BCUT2D eigenvalue weighted by atomic mass is 10.0. The summed E-state index contributed by atoms with van der Waals surface area (Å²) in [7, 11) is 0. The second kappa shape index (κ2) is 20.1. The van der Waals surface area contributed by atoms with Crippen molar-refractivity contribution in [2.75, 3.05) is 13.2 Å². The van der Waals surface area contributed by atoms with Crippen molar-refractivity contribution >= 4 is 11.9 Å². The molecule has 1 atom stereocenters. The van der Waals surface area contributed by atoms with Crippen LogP contribution in [0.2, 0.25) is 0 Å². The highest BCUT2D eigenvalue weighted by molar-refractivity contribution is 5.90. The fraction of sp³-hybridized carbons (Fsp3) is 0.857. The van der Waals surface area contributed by atoms with Crippen LogP contribution in [-0.4, -0.2) is 41.3 Å². The number of aliphatic hydroxyl groups excluding tert-OH is 1. The topological polar surface area (TPSA) is 66.8 Å². The van der Waals surface area contributed by atoms with Gasteiger partial charge in [-0.25, -0.2) is 0 Å². The lowest BCUT2D eigenvalue weighted by molar-refractivity contribution is -0.144. The van der Waals surface area contributed by atoms with Crippen LogP contribution in [0.3, 0.4) is 0 Å². The molecule has 1 aliphatic rings. The molecule has 0 bridgehead atoms. The van der Waals surface area contributed by atoms with Crippen LogP contribution in [0.1, 0.15) is 129 Å². The van der Waals surface area contributed by atoms with Gasteiger partial charge in [0.2, 0.25) is 5.91 Å². The molecule has 0 aromatic carbocycles. The lowest BCUT2D eigenvalue weighted by Gasteiger charge is -2.19. The van der Waals surface area contributed by atoms with E-state index in [-0.39, 0.29) is 11.9 Å². The number of hydrogen-bond donors (Lipinski definition) is 1. The molecule has 0 saturated carbocycles. The van der Waals surface area contributed by atoms with E-state index in [2.05, 4.69) is 13.8 Å². The maximum absolute atomic E-state index is 11.8. The summed E-state index contributed by atoms with van der Waals surface area (Å²) in [5, 5.41) is 9.62. The smallest absolute Gasteiger partial charge is 0.305 e. The van der Waals surface area contributed by atoms with Gasteiger partial charge >= 0.3 is 5.97 Å². The van der Waals surface area contributed by atoms with Crippen LogP contribution in [0.5, 0.6) is 0 Å². The van der Waals surface area contributed by atoms with E-state index < -0.39 is 6.23 Å². The van der Waals surface area contributed by atoms with Crippen LogP contribution in [0, 0.1) is 5.92 Å². The zero-order valence-corrected chi connectivity index (χ0v) is 21.6. The van der Waals surface area contributed by atoms with Gasteiger partial charge in [0.15, 0.2) is 0 Å². The zero-order chi connectivity index (χ0) is 24.2. The highest BCUT2D eigenvalue weighted by Gasteiger charge is 2.22. The molecule has 1 amide bonds.